The Balaban J connectivity index is 2.36. The first-order valence-electron chi connectivity index (χ1n) is 5.15. The van der Waals surface area contributed by atoms with Crippen LogP contribution < -0.4 is 11.1 Å². The minimum absolute atomic E-state index is 0.112. The van der Waals surface area contributed by atoms with E-state index in [1.807, 2.05) is 13.8 Å². The monoisotopic (exact) mass is 210 g/mol. The molecule has 0 radical (unpaired) electrons. The highest BCUT2D eigenvalue weighted by molar-refractivity contribution is 5.81. The second-order valence-electron chi connectivity index (χ2n) is 3.71. The molecule has 0 aromatic carbocycles. The summed E-state index contributed by atoms with van der Waals surface area (Å²) in [6.07, 6.45) is 4.16. The molecule has 0 aliphatic carbocycles. The van der Waals surface area contributed by atoms with Gasteiger partial charge in [-0.15, -0.1) is 0 Å². The predicted molar refractivity (Wildman–Crippen MR) is 57.9 cm³/mol. The van der Waals surface area contributed by atoms with Crippen LogP contribution in [0, 0.1) is 5.92 Å². The van der Waals surface area contributed by atoms with Crippen molar-refractivity contribution in [3.8, 4) is 0 Å². The van der Waals surface area contributed by atoms with Crippen LogP contribution in [-0.2, 0) is 11.3 Å². The third kappa shape index (κ3) is 3.36. The number of nitrogens with one attached hydrogen (secondary N) is 2. The zero-order valence-corrected chi connectivity index (χ0v) is 9.16. The maximum absolute atomic E-state index is 11.6. The zero-order chi connectivity index (χ0) is 11.3. The summed E-state index contributed by atoms with van der Waals surface area (Å²) in [7, 11) is 0. The SMILES string of the molecule is CCC(C)C(N)C(=O)NCc1cnc[nH]1. The highest BCUT2D eigenvalue weighted by Gasteiger charge is 2.18. The Morgan fingerprint density at radius 3 is 3.00 bits per heavy atom. The third-order valence-corrected chi connectivity index (χ3v) is 2.57. The van der Waals surface area contributed by atoms with E-state index in [1.165, 1.54) is 0 Å². The fourth-order valence-electron chi connectivity index (χ4n) is 1.19. The number of nitrogens with two attached hydrogens (primary N) is 1. The average Bonchev–Trinajstić information content (AvgIpc) is 2.76. The van der Waals surface area contributed by atoms with Crippen LogP contribution in [0.1, 0.15) is 26.0 Å². The Bertz CT molecular complexity index is 296. The molecule has 2 unspecified atom stereocenters. The third-order valence-electron chi connectivity index (χ3n) is 2.57. The van der Waals surface area contributed by atoms with Gasteiger partial charge in [0, 0.05) is 6.20 Å². The van der Waals surface area contributed by atoms with Gasteiger partial charge in [-0.05, 0) is 5.92 Å². The summed E-state index contributed by atoms with van der Waals surface area (Å²) >= 11 is 0. The van der Waals surface area contributed by atoms with Gasteiger partial charge in [-0.25, -0.2) is 4.98 Å². The first-order valence-corrected chi connectivity index (χ1v) is 5.15. The van der Waals surface area contributed by atoms with E-state index < -0.39 is 6.04 Å². The number of aromatic nitrogens is 2. The maximum atomic E-state index is 11.6. The molecule has 1 amide bonds. The van der Waals surface area contributed by atoms with Crippen LogP contribution in [0.5, 0.6) is 0 Å². The van der Waals surface area contributed by atoms with Crippen molar-refractivity contribution < 1.29 is 4.79 Å². The lowest BCUT2D eigenvalue weighted by Crippen LogP contribution is -2.44. The van der Waals surface area contributed by atoms with Crippen molar-refractivity contribution >= 4 is 5.91 Å². The van der Waals surface area contributed by atoms with Gasteiger partial charge < -0.3 is 16.0 Å². The number of rotatable bonds is 5. The molecule has 5 nitrogen and oxygen atoms in total. The molecule has 1 heterocycles. The Labute approximate surface area is 89.5 Å². The van der Waals surface area contributed by atoms with Crippen LogP contribution in [0.15, 0.2) is 12.5 Å². The summed E-state index contributed by atoms with van der Waals surface area (Å²) in [5.41, 5.74) is 6.65. The van der Waals surface area contributed by atoms with Crippen molar-refractivity contribution in [2.75, 3.05) is 0 Å². The van der Waals surface area contributed by atoms with Gasteiger partial charge in [0.05, 0.1) is 24.6 Å². The second-order valence-corrected chi connectivity index (χ2v) is 3.71. The number of amides is 1. The lowest BCUT2D eigenvalue weighted by Gasteiger charge is -2.17. The van der Waals surface area contributed by atoms with E-state index in [2.05, 4.69) is 15.3 Å². The van der Waals surface area contributed by atoms with Crippen LogP contribution in [0.25, 0.3) is 0 Å². The van der Waals surface area contributed by atoms with Gasteiger partial charge in [-0.2, -0.15) is 0 Å². The van der Waals surface area contributed by atoms with Gasteiger partial charge in [-0.3, -0.25) is 4.79 Å². The van der Waals surface area contributed by atoms with E-state index in [0.717, 1.165) is 12.1 Å². The van der Waals surface area contributed by atoms with Crippen molar-refractivity contribution in [3.05, 3.63) is 18.2 Å². The van der Waals surface area contributed by atoms with Crippen molar-refractivity contribution in [1.29, 1.82) is 0 Å². The number of imidazole rings is 1. The van der Waals surface area contributed by atoms with Crippen molar-refractivity contribution in [3.63, 3.8) is 0 Å². The van der Waals surface area contributed by atoms with Gasteiger partial charge in [0.15, 0.2) is 0 Å². The highest BCUT2D eigenvalue weighted by Crippen LogP contribution is 2.05. The fourth-order valence-corrected chi connectivity index (χ4v) is 1.19. The summed E-state index contributed by atoms with van der Waals surface area (Å²) in [4.78, 5) is 18.3. The molecule has 0 aliphatic heterocycles. The number of H-pyrrole nitrogens is 1. The molecule has 1 rings (SSSR count). The van der Waals surface area contributed by atoms with E-state index in [4.69, 9.17) is 5.73 Å². The molecule has 1 aromatic rings. The molecule has 0 aliphatic rings. The van der Waals surface area contributed by atoms with Crippen LogP contribution in [0.3, 0.4) is 0 Å². The Kier molecular flexibility index (Phi) is 4.30. The van der Waals surface area contributed by atoms with E-state index in [-0.39, 0.29) is 11.8 Å². The molecule has 15 heavy (non-hydrogen) atoms. The Hall–Kier alpha value is -1.36. The van der Waals surface area contributed by atoms with Crippen molar-refractivity contribution in [1.82, 2.24) is 15.3 Å². The molecule has 0 saturated carbocycles. The predicted octanol–water partition coefficient (Wildman–Crippen LogP) is 0.399. The first-order chi connectivity index (χ1) is 7.15. The van der Waals surface area contributed by atoms with Gasteiger partial charge in [-0.1, -0.05) is 20.3 Å². The molecule has 0 spiro atoms. The second kappa shape index (κ2) is 5.50. The minimum Gasteiger partial charge on any atom is -0.349 e. The molecule has 0 saturated heterocycles. The average molecular weight is 210 g/mol. The summed E-state index contributed by atoms with van der Waals surface area (Å²) in [6.45, 7) is 4.44. The number of carbonyl (C=O) groups is 1. The van der Waals surface area contributed by atoms with Crippen LogP contribution in [0.2, 0.25) is 0 Å². The Morgan fingerprint density at radius 2 is 2.47 bits per heavy atom. The van der Waals surface area contributed by atoms with Gasteiger partial charge in [0.25, 0.3) is 0 Å². The standard InChI is InChI=1S/C10H18N4O/c1-3-7(2)9(11)10(15)13-5-8-4-12-6-14-8/h4,6-7,9H,3,5,11H2,1-2H3,(H,12,14)(H,13,15). The largest absolute Gasteiger partial charge is 0.349 e. The topological polar surface area (TPSA) is 83.8 Å². The molecule has 5 heteroatoms. The minimum atomic E-state index is -0.432. The van der Waals surface area contributed by atoms with E-state index >= 15 is 0 Å². The summed E-state index contributed by atoms with van der Waals surface area (Å²) < 4.78 is 0. The summed E-state index contributed by atoms with van der Waals surface area (Å²) in [5.74, 6) is 0.0886. The number of nitrogens with zero attached hydrogens (tertiary/aromatic N) is 1. The van der Waals surface area contributed by atoms with Crippen LogP contribution in [-0.4, -0.2) is 21.9 Å². The molecular weight excluding hydrogens is 192 g/mol. The van der Waals surface area contributed by atoms with E-state index in [0.29, 0.717) is 6.54 Å². The lowest BCUT2D eigenvalue weighted by molar-refractivity contribution is -0.123. The Morgan fingerprint density at radius 1 is 1.73 bits per heavy atom. The van der Waals surface area contributed by atoms with Crippen molar-refractivity contribution in [2.24, 2.45) is 11.7 Å². The first kappa shape index (κ1) is 11.7. The highest BCUT2D eigenvalue weighted by atomic mass is 16.2. The van der Waals surface area contributed by atoms with Crippen molar-refractivity contribution in [2.45, 2.75) is 32.9 Å². The lowest BCUT2D eigenvalue weighted by atomic mass is 9.99. The molecule has 4 N–H and O–H groups in total. The zero-order valence-electron chi connectivity index (χ0n) is 9.16. The molecule has 2 atom stereocenters. The number of aromatic amines is 1. The summed E-state index contributed by atoms with van der Waals surface area (Å²) in [5, 5.41) is 2.76. The molecule has 84 valence electrons. The van der Waals surface area contributed by atoms with E-state index in [9.17, 15) is 4.79 Å². The molecule has 1 aromatic heterocycles. The fraction of sp³-hybridized carbons (Fsp3) is 0.600. The van der Waals surface area contributed by atoms with Gasteiger partial charge >= 0.3 is 0 Å². The van der Waals surface area contributed by atoms with E-state index in [1.54, 1.807) is 12.5 Å². The maximum Gasteiger partial charge on any atom is 0.237 e. The van der Waals surface area contributed by atoms with Gasteiger partial charge in [0.1, 0.15) is 0 Å². The van der Waals surface area contributed by atoms with Crippen LogP contribution in [0.4, 0.5) is 0 Å². The number of hydrogen-bond acceptors (Lipinski definition) is 3. The normalized spacial score (nSPS) is 14.6. The smallest absolute Gasteiger partial charge is 0.237 e. The quantitative estimate of drug-likeness (QED) is 0.657. The summed E-state index contributed by atoms with van der Waals surface area (Å²) in [6, 6.07) is -0.432. The number of carbonyl (C=O) groups excluding carboxylic acids is 1. The van der Waals surface area contributed by atoms with Crippen LogP contribution >= 0.6 is 0 Å². The van der Waals surface area contributed by atoms with Gasteiger partial charge in [0.2, 0.25) is 5.91 Å². The molecule has 0 bridgehead atoms. The molecular formula is C10H18N4O. The number of hydrogen-bond donors (Lipinski definition) is 3. The molecule has 0 fully saturated rings.